The first-order valence-corrected chi connectivity index (χ1v) is 5.04. The van der Waals surface area contributed by atoms with E-state index in [1.165, 1.54) is 12.1 Å². The number of hydrogen-bond acceptors (Lipinski definition) is 2. The topological polar surface area (TPSA) is 43.1 Å². The van der Waals surface area contributed by atoms with Gasteiger partial charge in [-0.1, -0.05) is 26.0 Å². The first-order chi connectivity index (χ1) is 7.05. The van der Waals surface area contributed by atoms with Gasteiger partial charge in [0, 0.05) is 12.0 Å². The summed E-state index contributed by atoms with van der Waals surface area (Å²) in [6.45, 7) is 3.88. The number of halogens is 1. The van der Waals surface area contributed by atoms with Crippen LogP contribution in [0.3, 0.4) is 0 Å². The molecule has 0 aliphatic carbocycles. The Morgan fingerprint density at radius 3 is 2.53 bits per heavy atom. The lowest BCUT2D eigenvalue weighted by atomic mass is 9.80. The van der Waals surface area contributed by atoms with E-state index in [9.17, 15) is 9.18 Å². The third-order valence-corrected chi connectivity index (χ3v) is 2.90. The van der Waals surface area contributed by atoms with Crippen molar-refractivity contribution in [3.63, 3.8) is 0 Å². The van der Waals surface area contributed by atoms with Crippen LogP contribution in [0.15, 0.2) is 24.3 Å². The van der Waals surface area contributed by atoms with Crippen LogP contribution in [0.4, 0.5) is 4.39 Å². The van der Waals surface area contributed by atoms with Crippen molar-refractivity contribution in [3.05, 3.63) is 35.6 Å². The van der Waals surface area contributed by atoms with Crippen LogP contribution in [0.5, 0.6) is 0 Å². The zero-order valence-corrected chi connectivity index (χ0v) is 9.09. The second-order valence-corrected chi connectivity index (χ2v) is 3.93. The molecule has 1 aromatic carbocycles. The molecule has 3 heteroatoms. The average Bonchev–Trinajstić information content (AvgIpc) is 2.28. The van der Waals surface area contributed by atoms with E-state index in [2.05, 4.69) is 0 Å². The van der Waals surface area contributed by atoms with Gasteiger partial charge in [0.05, 0.1) is 5.56 Å². The van der Waals surface area contributed by atoms with Gasteiger partial charge in [-0.3, -0.25) is 4.79 Å². The molecular weight excluding hydrogens is 193 g/mol. The molecular formula is C12H16FNO. The van der Waals surface area contributed by atoms with E-state index in [4.69, 9.17) is 5.73 Å². The maximum absolute atomic E-state index is 13.4. The molecule has 2 nitrogen and oxygen atoms in total. The lowest BCUT2D eigenvalue weighted by Gasteiger charge is -2.24. The Balaban J connectivity index is 3.09. The van der Waals surface area contributed by atoms with Crippen LogP contribution in [0, 0.1) is 11.2 Å². The summed E-state index contributed by atoms with van der Waals surface area (Å²) in [5.74, 6) is -0.693. The molecule has 0 fully saturated rings. The van der Waals surface area contributed by atoms with Crippen molar-refractivity contribution in [1.82, 2.24) is 0 Å². The maximum atomic E-state index is 13.4. The summed E-state index contributed by atoms with van der Waals surface area (Å²) in [7, 11) is 0. The number of benzene rings is 1. The van der Waals surface area contributed by atoms with Crippen LogP contribution in [-0.4, -0.2) is 12.3 Å². The van der Waals surface area contributed by atoms with Crippen LogP contribution in [0.2, 0.25) is 0 Å². The Morgan fingerprint density at radius 1 is 1.47 bits per heavy atom. The van der Waals surface area contributed by atoms with Crippen LogP contribution >= 0.6 is 0 Å². The van der Waals surface area contributed by atoms with Crippen LogP contribution in [0.25, 0.3) is 0 Å². The molecule has 0 aliphatic heterocycles. The summed E-state index contributed by atoms with van der Waals surface area (Å²) in [4.78, 5) is 12.0. The molecule has 2 N–H and O–H groups in total. The number of carbonyl (C=O) groups excluding carboxylic acids is 1. The Kier molecular flexibility index (Phi) is 3.58. The second-order valence-electron chi connectivity index (χ2n) is 3.93. The third kappa shape index (κ3) is 2.23. The third-order valence-electron chi connectivity index (χ3n) is 2.90. The summed E-state index contributed by atoms with van der Waals surface area (Å²) in [5.41, 5.74) is 5.03. The monoisotopic (exact) mass is 209 g/mol. The fourth-order valence-electron chi connectivity index (χ4n) is 1.37. The molecule has 0 aromatic heterocycles. The average molecular weight is 209 g/mol. The van der Waals surface area contributed by atoms with Crippen molar-refractivity contribution in [3.8, 4) is 0 Å². The van der Waals surface area contributed by atoms with Gasteiger partial charge in [0.1, 0.15) is 5.82 Å². The number of hydrogen-bond donors (Lipinski definition) is 1. The molecule has 0 spiro atoms. The van der Waals surface area contributed by atoms with E-state index in [-0.39, 0.29) is 17.9 Å². The highest BCUT2D eigenvalue weighted by Gasteiger charge is 2.31. The van der Waals surface area contributed by atoms with Gasteiger partial charge in [-0.25, -0.2) is 4.39 Å². The Bertz CT molecular complexity index is 358. The highest BCUT2D eigenvalue weighted by atomic mass is 19.1. The Morgan fingerprint density at radius 2 is 2.07 bits per heavy atom. The van der Waals surface area contributed by atoms with Crippen molar-refractivity contribution >= 4 is 5.78 Å². The molecule has 0 aliphatic rings. The number of nitrogens with two attached hydrogens (primary N) is 1. The van der Waals surface area contributed by atoms with Gasteiger partial charge in [0.15, 0.2) is 5.78 Å². The number of rotatable bonds is 4. The summed E-state index contributed by atoms with van der Waals surface area (Å²) in [5, 5.41) is 0. The predicted octanol–water partition coefficient (Wildman–Crippen LogP) is 2.38. The molecule has 0 saturated carbocycles. The molecule has 15 heavy (non-hydrogen) atoms. The van der Waals surface area contributed by atoms with Gasteiger partial charge in [-0.2, -0.15) is 0 Å². The quantitative estimate of drug-likeness (QED) is 0.774. The van der Waals surface area contributed by atoms with Crippen molar-refractivity contribution in [2.45, 2.75) is 20.3 Å². The van der Waals surface area contributed by atoms with Crippen molar-refractivity contribution in [2.75, 3.05) is 6.54 Å². The highest BCUT2D eigenvalue weighted by molar-refractivity contribution is 6.00. The molecule has 82 valence electrons. The first kappa shape index (κ1) is 11.9. The molecule has 1 rings (SSSR count). The largest absolute Gasteiger partial charge is 0.329 e. The van der Waals surface area contributed by atoms with Crippen LogP contribution < -0.4 is 5.73 Å². The van der Waals surface area contributed by atoms with Crippen molar-refractivity contribution in [2.24, 2.45) is 11.1 Å². The fraction of sp³-hybridized carbons (Fsp3) is 0.417. The van der Waals surface area contributed by atoms with Gasteiger partial charge < -0.3 is 5.73 Å². The van der Waals surface area contributed by atoms with E-state index >= 15 is 0 Å². The minimum Gasteiger partial charge on any atom is -0.329 e. The number of ketones is 1. The van der Waals surface area contributed by atoms with E-state index in [0.717, 1.165) is 0 Å². The van der Waals surface area contributed by atoms with E-state index in [1.807, 2.05) is 6.92 Å². The SMILES string of the molecule is CCC(C)(CN)C(=O)c1ccccc1F. The van der Waals surface area contributed by atoms with Gasteiger partial charge in [-0.15, -0.1) is 0 Å². The van der Waals surface area contributed by atoms with Crippen LogP contribution in [0.1, 0.15) is 30.6 Å². The molecule has 1 unspecified atom stereocenters. The minimum atomic E-state index is -0.664. The normalized spacial score (nSPS) is 14.7. The second kappa shape index (κ2) is 4.53. The van der Waals surface area contributed by atoms with Crippen molar-refractivity contribution < 1.29 is 9.18 Å². The molecule has 1 aromatic rings. The standard InChI is InChI=1S/C12H16FNO/c1-3-12(2,8-14)11(15)9-6-4-5-7-10(9)13/h4-7H,3,8,14H2,1-2H3. The summed E-state index contributed by atoms with van der Waals surface area (Å²) in [6.07, 6.45) is 0.608. The fourth-order valence-corrected chi connectivity index (χ4v) is 1.37. The molecule has 1 atom stereocenters. The van der Waals surface area contributed by atoms with Crippen molar-refractivity contribution in [1.29, 1.82) is 0 Å². The minimum absolute atomic E-state index is 0.132. The molecule has 0 amide bonds. The lowest BCUT2D eigenvalue weighted by Crippen LogP contribution is -2.35. The first-order valence-electron chi connectivity index (χ1n) is 5.04. The summed E-state index contributed by atoms with van der Waals surface area (Å²) >= 11 is 0. The zero-order valence-electron chi connectivity index (χ0n) is 9.09. The van der Waals surface area contributed by atoms with Gasteiger partial charge in [0.2, 0.25) is 0 Å². The Hall–Kier alpha value is -1.22. The van der Waals surface area contributed by atoms with Gasteiger partial charge in [0.25, 0.3) is 0 Å². The number of Topliss-reactive ketones (excluding diaryl/α,β-unsaturated/α-hetero) is 1. The highest BCUT2D eigenvalue weighted by Crippen LogP contribution is 2.26. The van der Waals surface area contributed by atoms with Gasteiger partial charge >= 0.3 is 0 Å². The molecule has 0 radical (unpaired) electrons. The molecule has 0 heterocycles. The van der Waals surface area contributed by atoms with E-state index in [1.54, 1.807) is 19.1 Å². The smallest absolute Gasteiger partial charge is 0.172 e. The summed E-state index contributed by atoms with van der Waals surface area (Å²) < 4.78 is 13.4. The van der Waals surface area contributed by atoms with Crippen LogP contribution in [-0.2, 0) is 0 Å². The van der Waals surface area contributed by atoms with E-state index in [0.29, 0.717) is 6.42 Å². The summed E-state index contributed by atoms with van der Waals surface area (Å²) in [6, 6.07) is 6.02. The predicted molar refractivity (Wildman–Crippen MR) is 58.2 cm³/mol. The number of carbonyl (C=O) groups is 1. The maximum Gasteiger partial charge on any atom is 0.172 e. The Labute approximate surface area is 89.3 Å². The lowest BCUT2D eigenvalue weighted by molar-refractivity contribution is 0.0815. The van der Waals surface area contributed by atoms with Gasteiger partial charge in [-0.05, 0) is 18.6 Å². The van der Waals surface area contributed by atoms with E-state index < -0.39 is 11.2 Å². The zero-order chi connectivity index (χ0) is 11.5. The molecule has 0 saturated heterocycles. The molecule has 0 bridgehead atoms.